The second-order valence-corrected chi connectivity index (χ2v) is 7.68. The van der Waals surface area contributed by atoms with Crippen LogP contribution in [-0.2, 0) is 6.42 Å². The molecule has 3 aromatic rings. The Kier molecular flexibility index (Phi) is 9.00. The monoisotopic (exact) mass is 490 g/mol. The van der Waals surface area contributed by atoms with E-state index in [1.807, 2.05) is 30.4 Å². The second-order valence-electron chi connectivity index (χ2n) is 7.68. The van der Waals surface area contributed by atoms with Crippen LogP contribution >= 0.6 is 0 Å². The summed E-state index contributed by atoms with van der Waals surface area (Å²) in [7, 11) is 7.71. The van der Waals surface area contributed by atoms with Crippen LogP contribution in [0.1, 0.15) is 27.0 Å². The number of benzene rings is 3. The molecule has 0 fully saturated rings. The Hall–Kier alpha value is -4.39. The highest BCUT2D eigenvalue weighted by Crippen LogP contribution is 2.39. The summed E-state index contributed by atoms with van der Waals surface area (Å²) in [5.41, 5.74) is 2.71. The molecule has 1 N–H and O–H groups in total. The topological polar surface area (TPSA) is 83.5 Å². The van der Waals surface area contributed by atoms with Crippen LogP contribution in [0.4, 0.5) is 0 Å². The first kappa shape index (κ1) is 26.2. The summed E-state index contributed by atoms with van der Waals surface area (Å²) >= 11 is 0. The van der Waals surface area contributed by atoms with Crippen molar-refractivity contribution in [1.29, 1.82) is 0 Å². The van der Waals surface area contributed by atoms with E-state index in [4.69, 9.17) is 23.7 Å². The standard InChI is InChI=1S/C29H30O7/c1-32-22-9-6-8-21(18-22)24(30)11-7-10-23-20(14-15-25(33-2)28(23)31)13-12-19-16-26(34-3)29(36-5)27(17-19)35-4/h6-9,11-18,31H,10H2,1-5H3/b11-7-,13-12-. The Balaban J connectivity index is 1.91. The number of phenols is 1. The van der Waals surface area contributed by atoms with Crippen molar-refractivity contribution >= 4 is 17.9 Å². The molecule has 0 aliphatic rings. The largest absolute Gasteiger partial charge is 0.504 e. The van der Waals surface area contributed by atoms with E-state index in [0.717, 1.165) is 11.1 Å². The highest BCUT2D eigenvalue weighted by atomic mass is 16.5. The number of hydrogen-bond donors (Lipinski definition) is 1. The first-order valence-electron chi connectivity index (χ1n) is 11.2. The molecule has 0 aromatic heterocycles. The van der Waals surface area contributed by atoms with Gasteiger partial charge in [-0.05, 0) is 54.0 Å². The number of aromatic hydroxyl groups is 1. The van der Waals surface area contributed by atoms with Gasteiger partial charge in [-0.25, -0.2) is 0 Å². The van der Waals surface area contributed by atoms with Gasteiger partial charge in [0.15, 0.2) is 28.8 Å². The highest BCUT2D eigenvalue weighted by molar-refractivity contribution is 6.04. The number of carbonyl (C=O) groups is 1. The van der Waals surface area contributed by atoms with Crippen LogP contribution in [0.5, 0.6) is 34.5 Å². The molecule has 0 heterocycles. The summed E-state index contributed by atoms with van der Waals surface area (Å²) in [6.45, 7) is 0. The first-order valence-corrected chi connectivity index (χ1v) is 11.2. The van der Waals surface area contributed by atoms with Gasteiger partial charge in [0.1, 0.15) is 5.75 Å². The van der Waals surface area contributed by atoms with E-state index < -0.39 is 0 Å². The molecule has 188 valence electrons. The number of hydrogen-bond acceptors (Lipinski definition) is 7. The number of methoxy groups -OCH3 is 5. The molecular formula is C29H30O7. The molecule has 0 spiro atoms. The van der Waals surface area contributed by atoms with Crippen molar-refractivity contribution < 1.29 is 33.6 Å². The lowest BCUT2D eigenvalue weighted by Crippen LogP contribution is -1.97. The fourth-order valence-corrected chi connectivity index (χ4v) is 3.71. The Labute approximate surface area is 211 Å². The number of allylic oxidation sites excluding steroid dienone is 2. The van der Waals surface area contributed by atoms with Crippen molar-refractivity contribution in [2.24, 2.45) is 0 Å². The van der Waals surface area contributed by atoms with Crippen LogP contribution in [0.2, 0.25) is 0 Å². The van der Waals surface area contributed by atoms with E-state index in [1.165, 1.54) is 13.2 Å². The normalized spacial score (nSPS) is 11.0. The number of ketones is 1. The van der Waals surface area contributed by atoms with Gasteiger partial charge in [-0.3, -0.25) is 4.79 Å². The van der Waals surface area contributed by atoms with Gasteiger partial charge in [-0.2, -0.15) is 0 Å². The van der Waals surface area contributed by atoms with Crippen LogP contribution in [0.3, 0.4) is 0 Å². The quantitative estimate of drug-likeness (QED) is 0.213. The third-order valence-electron chi connectivity index (χ3n) is 5.59. The maximum absolute atomic E-state index is 12.6. The summed E-state index contributed by atoms with van der Waals surface area (Å²) in [5.74, 6) is 2.39. The van der Waals surface area contributed by atoms with Gasteiger partial charge in [-0.1, -0.05) is 36.4 Å². The third-order valence-corrected chi connectivity index (χ3v) is 5.59. The average Bonchev–Trinajstić information content (AvgIpc) is 2.92. The molecule has 0 amide bonds. The minimum atomic E-state index is -0.161. The van der Waals surface area contributed by atoms with E-state index in [0.29, 0.717) is 46.3 Å². The van der Waals surface area contributed by atoms with Crippen molar-refractivity contribution in [3.63, 3.8) is 0 Å². The van der Waals surface area contributed by atoms with Crippen molar-refractivity contribution in [3.8, 4) is 34.5 Å². The molecular weight excluding hydrogens is 460 g/mol. The van der Waals surface area contributed by atoms with Gasteiger partial charge in [-0.15, -0.1) is 0 Å². The third kappa shape index (κ3) is 5.99. The summed E-state index contributed by atoms with van der Waals surface area (Å²) in [6, 6.07) is 14.1. The van der Waals surface area contributed by atoms with Gasteiger partial charge in [0.25, 0.3) is 0 Å². The molecule has 0 aliphatic carbocycles. The summed E-state index contributed by atoms with van der Waals surface area (Å²) in [5, 5.41) is 10.8. The maximum atomic E-state index is 12.6. The highest BCUT2D eigenvalue weighted by Gasteiger charge is 2.14. The van der Waals surface area contributed by atoms with Crippen LogP contribution < -0.4 is 23.7 Å². The average molecular weight is 491 g/mol. The molecule has 0 atom stereocenters. The van der Waals surface area contributed by atoms with Gasteiger partial charge in [0.05, 0.1) is 35.5 Å². The summed E-state index contributed by atoms with van der Waals surface area (Å²) < 4.78 is 26.7. The van der Waals surface area contributed by atoms with Gasteiger partial charge in [0.2, 0.25) is 5.75 Å². The lowest BCUT2D eigenvalue weighted by molar-refractivity contribution is 0.104. The molecule has 7 nitrogen and oxygen atoms in total. The second kappa shape index (κ2) is 12.4. The molecule has 0 saturated carbocycles. The first-order chi connectivity index (χ1) is 17.4. The molecule has 0 radical (unpaired) electrons. The van der Waals surface area contributed by atoms with Crippen molar-refractivity contribution in [2.45, 2.75) is 6.42 Å². The Morgan fingerprint density at radius 1 is 0.806 bits per heavy atom. The van der Waals surface area contributed by atoms with Gasteiger partial charge >= 0.3 is 0 Å². The van der Waals surface area contributed by atoms with E-state index in [1.54, 1.807) is 64.8 Å². The molecule has 3 rings (SSSR count). The number of phenolic OH excluding ortho intramolecular Hbond substituents is 1. The number of ether oxygens (including phenoxy) is 5. The van der Waals surface area contributed by atoms with Crippen LogP contribution in [-0.4, -0.2) is 46.4 Å². The zero-order valence-corrected chi connectivity index (χ0v) is 21.0. The Morgan fingerprint density at radius 3 is 2.11 bits per heavy atom. The van der Waals surface area contributed by atoms with Gasteiger partial charge in [0, 0.05) is 11.1 Å². The Bertz CT molecular complexity index is 1250. The maximum Gasteiger partial charge on any atom is 0.203 e. The summed E-state index contributed by atoms with van der Waals surface area (Å²) in [6.07, 6.45) is 7.26. The molecule has 0 bridgehead atoms. The SMILES string of the molecule is COc1cccc(C(=O)/C=C\Cc2c(/C=C\c3cc(OC)c(OC)c(OC)c3)ccc(OC)c2O)c1. The van der Waals surface area contributed by atoms with Crippen molar-refractivity contribution in [2.75, 3.05) is 35.5 Å². The molecule has 0 unspecified atom stereocenters. The summed E-state index contributed by atoms with van der Waals surface area (Å²) in [4.78, 5) is 12.6. The van der Waals surface area contributed by atoms with Crippen LogP contribution in [0.25, 0.3) is 12.2 Å². The van der Waals surface area contributed by atoms with Crippen molar-refractivity contribution in [3.05, 3.63) is 82.9 Å². The molecule has 7 heteroatoms. The van der Waals surface area contributed by atoms with Crippen molar-refractivity contribution in [1.82, 2.24) is 0 Å². The zero-order valence-electron chi connectivity index (χ0n) is 21.0. The van der Waals surface area contributed by atoms with Crippen LogP contribution in [0.15, 0.2) is 60.7 Å². The molecule has 0 aliphatic heterocycles. The predicted octanol–water partition coefficient (Wildman–Crippen LogP) is 5.59. The lowest BCUT2D eigenvalue weighted by atomic mass is 10.00. The smallest absolute Gasteiger partial charge is 0.203 e. The minimum absolute atomic E-state index is 0.0167. The molecule has 0 saturated heterocycles. The van der Waals surface area contributed by atoms with Crippen LogP contribution in [0, 0.1) is 0 Å². The molecule has 36 heavy (non-hydrogen) atoms. The lowest BCUT2D eigenvalue weighted by Gasteiger charge is -2.13. The van der Waals surface area contributed by atoms with Gasteiger partial charge < -0.3 is 28.8 Å². The van der Waals surface area contributed by atoms with E-state index in [9.17, 15) is 9.90 Å². The predicted molar refractivity (Wildman–Crippen MR) is 140 cm³/mol. The number of carbonyl (C=O) groups excluding carboxylic acids is 1. The minimum Gasteiger partial charge on any atom is -0.504 e. The molecule has 3 aromatic carbocycles. The fourth-order valence-electron chi connectivity index (χ4n) is 3.71. The number of rotatable bonds is 11. The zero-order chi connectivity index (χ0) is 26.1. The van der Waals surface area contributed by atoms with E-state index in [-0.39, 0.29) is 11.5 Å². The van der Waals surface area contributed by atoms with E-state index >= 15 is 0 Å². The Morgan fingerprint density at radius 2 is 1.50 bits per heavy atom. The fraction of sp³-hybridized carbons (Fsp3) is 0.207. The van der Waals surface area contributed by atoms with E-state index in [2.05, 4.69) is 0 Å².